The molecule has 2 heterocycles. The number of carbonyl (C=O) groups is 1. The van der Waals surface area contributed by atoms with Crippen molar-refractivity contribution in [1.29, 1.82) is 0 Å². The second-order valence-corrected chi connectivity index (χ2v) is 4.90. The Morgan fingerprint density at radius 3 is 2.57 bits per heavy atom. The van der Waals surface area contributed by atoms with Gasteiger partial charge in [0, 0.05) is 6.54 Å². The van der Waals surface area contributed by atoms with E-state index in [-0.39, 0.29) is 23.5 Å². The van der Waals surface area contributed by atoms with Crippen molar-refractivity contribution in [2.75, 3.05) is 32.3 Å². The molecule has 7 heteroatoms. The third-order valence-electron chi connectivity index (χ3n) is 3.47. The molecule has 3 rings (SSSR count). The second kappa shape index (κ2) is 6.51. The molecule has 0 atom stereocenters. The molecule has 0 unspecified atom stereocenters. The standard InChI is InChI=1S/C16H17N3O4/c1-21-13-10-14(22-2)18-15(17-13)16(20)19-8-5-9-23-12-7-4-3-6-11(12)19/h3-4,6-7,10H,5,8-9H2,1-2H3. The van der Waals surface area contributed by atoms with E-state index in [1.807, 2.05) is 24.3 Å². The first-order valence-corrected chi connectivity index (χ1v) is 7.23. The van der Waals surface area contributed by atoms with Crippen LogP contribution >= 0.6 is 0 Å². The Balaban J connectivity index is 2.00. The molecule has 1 aromatic heterocycles. The first-order valence-electron chi connectivity index (χ1n) is 7.23. The molecular formula is C16H17N3O4. The van der Waals surface area contributed by atoms with Gasteiger partial charge >= 0.3 is 0 Å². The maximum absolute atomic E-state index is 12.9. The number of para-hydroxylation sites is 2. The van der Waals surface area contributed by atoms with Crippen LogP contribution in [0.1, 0.15) is 17.0 Å². The molecule has 0 aliphatic carbocycles. The van der Waals surface area contributed by atoms with Gasteiger partial charge in [-0.15, -0.1) is 0 Å². The van der Waals surface area contributed by atoms with Gasteiger partial charge in [-0.05, 0) is 18.6 Å². The van der Waals surface area contributed by atoms with E-state index in [0.29, 0.717) is 24.6 Å². The number of hydrogen-bond donors (Lipinski definition) is 0. The van der Waals surface area contributed by atoms with E-state index in [0.717, 1.165) is 6.42 Å². The van der Waals surface area contributed by atoms with Gasteiger partial charge in [-0.1, -0.05) is 12.1 Å². The van der Waals surface area contributed by atoms with Gasteiger partial charge in [0.2, 0.25) is 17.6 Å². The normalized spacial score (nSPS) is 13.6. The topological polar surface area (TPSA) is 73.8 Å². The molecule has 23 heavy (non-hydrogen) atoms. The number of carbonyl (C=O) groups excluding carboxylic acids is 1. The van der Waals surface area contributed by atoms with Gasteiger partial charge in [-0.25, -0.2) is 0 Å². The maximum Gasteiger partial charge on any atom is 0.296 e. The number of benzene rings is 1. The number of rotatable bonds is 3. The minimum absolute atomic E-state index is 0.0258. The minimum atomic E-state index is -0.319. The van der Waals surface area contributed by atoms with Gasteiger partial charge in [0.25, 0.3) is 5.91 Å². The van der Waals surface area contributed by atoms with Crippen LogP contribution in [0.15, 0.2) is 30.3 Å². The van der Waals surface area contributed by atoms with Crippen molar-refractivity contribution in [2.45, 2.75) is 6.42 Å². The minimum Gasteiger partial charge on any atom is -0.491 e. The smallest absolute Gasteiger partial charge is 0.296 e. The zero-order valence-corrected chi connectivity index (χ0v) is 13.0. The van der Waals surface area contributed by atoms with E-state index in [4.69, 9.17) is 14.2 Å². The number of ether oxygens (including phenoxy) is 3. The molecule has 1 aromatic carbocycles. The van der Waals surface area contributed by atoms with Crippen LogP contribution in [0.3, 0.4) is 0 Å². The summed E-state index contributed by atoms with van der Waals surface area (Å²) in [5.74, 6) is 0.936. The number of methoxy groups -OCH3 is 2. The van der Waals surface area contributed by atoms with Crippen LogP contribution in [0, 0.1) is 0 Å². The van der Waals surface area contributed by atoms with E-state index < -0.39 is 0 Å². The Hall–Kier alpha value is -2.83. The Labute approximate surface area is 133 Å². The average Bonchev–Trinajstić information content (AvgIpc) is 2.83. The van der Waals surface area contributed by atoms with E-state index in [1.54, 1.807) is 4.90 Å². The fraction of sp³-hybridized carbons (Fsp3) is 0.312. The number of aromatic nitrogens is 2. The Morgan fingerprint density at radius 1 is 1.17 bits per heavy atom. The van der Waals surface area contributed by atoms with Crippen LogP contribution < -0.4 is 19.1 Å². The molecule has 1 amide bonds. The van der Waals surface area contributed by atoms with E-state index in [1.165, 1.54) is 20.3 Å². The number of fused-ring (bicyclic) bond motifs is 1. The molecular weight excluding hydrogens is 298 g/mol. The van der Waals surface area contributed by atoms with Crippen molar-refractivity contribution in [3.8, 4) is 17.5 Å². The zero-order chi connectivity index (χ0) is 16.2. The SMILES string of the molecule is COc1cc(OC)nc(C(=O)N2CCCOc3ccccc32)n1. The highest BCUT2D eigenvalue weighted by atomic mass is 16.5. The second-order valence-electron chi connectivity index (χ2n) is 4.90. The molecule has 0 spiro atoms. The molecule has 0 fully saturated rings. The van der Waals surface area contributed by atoms with Crippen molar-refractivity contribution in [1.82, 2.24) is 9.97 Å². The summed E-state index contributed by atoms with van der Waals surface area (Å²) in [5, 5.41) is 0. The molecule has 0 N–H and O–H groups in total. The summed E-state index contributed by atoms with van der Waals surface area (Å²) >= 11 is 0. The van der Waals surface area contributed by atoms with E-state index in [9.17, 15) is 4.79 Å². The van der Waals surface area contributed by atoms with Gasteiger partial charge in [-0.3, -0.25) is 4.79 Å². The number of nitrogens with zero attached hydrogens (tertiary/aromatic N) is 3. The van der Waals surface area contributed by atoms with Gasteiger partial charge in [0.15, 0.2) is 0 Å². The van der Waals surface area contributed by atoms with E-state index >= 15 is 0 Å². The number of amides is 1. The fourth-order valence-corrected chi connectivity index (χ4v) is 2.37. The van der Waals surface area contributed by atoms with Crippen LogP contribution in [0.25, 0.3) is 0 Å². The third kappa shape index (κ3) is 3.03. The lowest BCUT2D eigenvalue weighted by Crippen LogP contribution is -2.33. The number of anilines is 1. The Morgan fingerprint density at radius 2 is 1.87 bits per heavy atom. The van der Waals surface area contributed by atoms with Crippen LogP contribution in [0.2, 0.25) is 0 Å². The van der Waals surface area contributed by atoms with Crippen molar-refractivity contribution in [3.63, 3.8) is 0 Å². The summed E-state index contributed by atoms with van der Waals surface area (Å²) in [5.41, 5.74) is 0.709. The van der Waals surface area contributed by atoms with E-state index in [2.05, 4.69) is 9.97 Å². The van der Waals surface area contributed by atoms with Crippen LogP contribution in [-0.4, -0.2) is 43.2 Å². The van der Waals surface area contributed by atoms with Gasteiger partial charge in [-0.2, -0.15) is 9.97 Å². The molecule has 7 nitrogen and oxygen atoms in total. The van der Waals surface area contributed by atoms with Crippen LogP contribution in [0.5, 0.6) is 17.5 Å². The van der Waals surface area contributed by atoms with Gasteiger partial charge < -0.3 is 19.1 Å². The fourth-order valence-electron chi connectivity index (χ4n) is 2.37. The van der Waals surface area contributed by atoms with Crippen molar-refractivity contribution < 1.29 is 19.0 Å². The predicted molar refractivity (Wildman–Crippen MR) is 83.4 cm³/mol. The third-order valence-corrected chi connectivity index (χ3v) is 3.47. The molecule has 0 saturated carbocycles. The lowest BCUT2D eigenvalue weighted by molar-refractivity contribution is 0.0975. The molecule has 0 saturated heterocycles. The average molecular weight is 315 g/mol. The Bertz CT molecular complexity index is 698. The van der Waals surface area contributed by atoms with Crippen LogP contribution in [0.4, 0.5) is 5.69 Å². The summed E-state index contributed by atoms with van der Waals surface area (Å²) in [4.78, 5) is 22.8. The van der Waals surface area contributed by atoms with Gasteiger partial charge in [0.1, 0.15) is 5.75 Å². The lowest BCUT2D eigenvalue weighted by atomic mass is 10.2. The van der Waals surface area contributed by atoms with Gasteiger partial charge in [0.05, 0.1) is 32.6 Å². The predicted octanol–water partition coefficient (Wildman–Crippen LogP) is 1.92. The molecule has 0 bridgehead atoms. The summed E-state index contributed by atoms with van der Waals surface area (Å²) in [7, 11) is 2.95. The summed E-state index contributed by atoms with van der Waals surface area (Å²) in [6.07, 6.45) is 0.724. The maximum atomic E-state index is 12.9. The van der Waals surface area contributed by atoms with Crippen molar-refractivity contribution in [3.05, 3.63) is 36.2 Å². The highest BCUT2D eigenvalue weighted by Gasteiger charge is 2.26. The summed E-state index contributed by atoms with van der Waals surface area (Å²) in [6, 6.07) is 8.94. The monoisotopic (exact) mass is 315 g/mol. The largest absolute Gasteiger partial charge is 0.491 e. The molecule has 0 radical (unpaired) electrons. The van der Waals surface area contributed by atoms with Crippen molar-refractivity contribution in [2.24, 2.45) is 0 Å². The zero-order valence-electron chi connectivity index (χ0n) is 13.0. The highest BCUT2D eigenvalue weighted by molar-refractivity contribution is 6.04. The molecule has 1 aliphatic rings. The van der Waals surface area contributed by atoms with Crippen molar-refractivity contribution >= 4 is 11.6 Å². The highest BCUT2D eigenvalue weighted by Crippen LogP contribution is 2.31. The first kappa shape index (κ1) is 15.1. The Kier molecular flexibility index (Phi) is 4.27. The summed E-state index contributed by atoms with van der Waals surface area (Å²) < 4.78 is 15.9. The van der Waals surface area contributed by atoms with Crippen LogP contribution in [-0.2, 0) is 0 Å². The lowest BCUT2D eigenvalue weighted by Gasteiger charge is -2.21. The molecule has 120 valence electrons. The number of hydrogen-bond acceptors (Lipinski definition) is 6. The quantitative estimate of drug-likeness (QED) is 0.861. The molecule has 2 aromatic rings. The summed E-state index contributed by atoms with van der Waals surface area (Å²) in [6.45, 7) is 1.09. The molecule has 1 aliphatic heterocycles. The first-order chi connectivity index (χ1) is 11.2.